The zero-order chi connectivity index (χ0) is 20.6. The van der Waals surface area contributed by atoms with Crippen LogP contribution in [0.4, 0.5) is 5.69 Å². The van der Waals surface area contributed by atoms with Crippen molar-refractivity contribution in [1.82, 2.24) is 5.32 Å². The maximum atomic E-state index is 13.2. The highest BCUT2D eigenvalue weighted by Crippen LogP contribution is 2.34. The molecule has 3 aromatic carbocycles. The van der Waals surface area contributed by atoms with E-state index in [1.165, 1.54) is 25.2 Å². The van der Waals surface area contributed by atoms with Crippen LogP contribution < -0.4 is 14.4 Å². The monoisotopic (exact) mass is 408 g/mol. The van der Waals surface area contributed by atoms with Crippen LogP contribution in [0.1, 0.15) is 20.7 Å². The average molecular weight is 408 g/mol. The minimum atomic E-state index is -4.01. The van der Waals surface area contributed by atoms with Crippen molar-refractivity contribution in [1.29, 1.82) is 0 Å². The lowest BCUT2D eigenvalue weighted by molar-refractivity contribution is 0.0879. The van der Waals surface area contributed by atoms with Gasteiger partial charge in [-0.25, -0.2) is 8.42 Å². The lowest BCUT2D eigenvalue weighted by Crippen LogP contribution is -2.27. The first-order valence-electron chi connectivity index (χ1n) is 8.68. The van der Waals surface area contributed by atoms with Crippen LogP contribution in [0.5, 0.6) is 11.5 Å². The van der Waals surface area contributed by atoms with E-state index in [4.69, 9.17) is 4.74 Å². The van der Waals surface area contributed by atoms with Gasteiger partial charge in [0.1, 0.15) is 5.75 Å². The highest BCUT2D eigenvalue weighted by Gasteiger charge is 2.31. The maximum Gasteiger partial charge on any atom is 0.264 e. The number of imide groups is 1. The third-order valence-corrected chi connectivity index (χ3v) is 6.31. The molecule has 7 nitrogen and oxygen atoms in total. The number of hydrogen-bond donors (Lipinski definition) is 1. The molecule has 1 heterocycles. The van der Waals surface area contributed by atoms with Gasteiger partial charge in [0.25, 0.3) is 21.8 Å². The van der Waals surface area contributed by atoms with E-state index in [0.717, 1.165) is 4.31 Å². The number of amides is 2. The summed E-state index contributed by atoms with van der Waals surface area (Å²) in [6.07, 6.45) is 0. The van der Waals surface area contributed by atoms with Gasteiger partial charge in [-0.15, -0.1) is 0 Å². The fourth-order valence-corrected chi connectivity index (χ4v) is 4.25. The molecule has 0 atom stereocenters. The number of nitrogens with zero attached hydrogens (tertiary/aromatic N) is 1. The van der Waals surface area contributed by atoms with Gasteiger partial charge in [0.15, 0.2) is 5.75 Å². The normalized spacial score (nSPS) is 13.0. The predicted molar refractivity (Wildman–Crippen MR) is 107 cm³/mol. The van der Waals surface area contributed by atoms with Crippen molar-refractivity contribution in [3.63, 3.8) is 0 Å². The molecular formula is C21H16N2O5S. The van der Waals surface area contributed by atoms with Crippen molar-refractivity contribution in [3.05, 3.63) is 83.9 Å². The van der Waals surface area contributed by atoms with Gasteiger partial charge in [0.05, 0.1) is 21.7 Å². The van der Waals surface area contributed by atoms with Gasteiger partial charge in [-0.05, 0) is 42.5 Å². The second kappa shape index (κ2) is 7.06. The second-order valence-electron chi connectivity index (χ2n) is 6.35. The molecule has 1 aliphatic heterocycles. The number of para-hydroxylation sites is 3. The van der Waals surface area contributed by atoms with Crippen LogP contribution in [-0.2, 0) is 10.0 Å². The number of nitrogens with one attached hydrogen (secondary N) is 1. The minimum absolute atomic E-state index is 0.0401. The predicted octanol–water partition coefficient (Wildman–Crippen LogP) is 3.19. The van der Waals surface area contributed by atoms with Gasteiger partial charge in [-0.2, -0.15) is 0 Å². The van der Waals surface area contributed by atoms with E-state index in [0.29, 0.717) is 17.2 Å². The third kappa shape index (κ3) is 3.34. The van der Waals surface area contributed by atoms with Crippen LogP contribution in [-0.4, -0.2) is 27.3 Å². The van der Waals surface area contributed by atoms with Gasteiger partial charge in [-0.3, -0.25) is 19.2 Å². The molecule has 0 aromatic heterocycles. The number of rotatable bonds is 5. The van der Waals surface area contributed by atoms with Crippen molar-refractivity contribution in [3.8, 4) is 11.5 Å². The fourth-order valence-electron chi connectivity index (χ4n) is 3.01. The highest BCUT2D eigenvalue weighted by molar-refractivity contribution is 7.92. The lowest BCUT2D eigenvalue weighted by Gasteiger charge is -2.22. The fraction of sp³-hybridized carbons (Fsp3) is 0.0476. The van der Waals surface area contributed by atoms with Crippen LogP contribution >= 0.6 is 0 Å². The molecule has 146 valence electrons. The van der Waals surface area contributed by atoms with Crippen molar-refractivity contribution >= 4 is 27.5 Å². The Bertz CT molecular complexity index is 1220. The number of ether oxygens (including phenoxy) is 1. The summed E-state index contributed by atoms with van der Waals surface area (Å²) in [5, 5.41) is 2.15. The summed E-state index contributed by atoms with van der Waals surface area (Å²) in [4.78, 5) is 23.5. The van der Waals surface area contributed by atoms with E-state index in [1.54, 1.807) is 36.4 Å². The molecule has 0 bridgehead atoms. The Balaban J connectivity index is 1.72. The summed E-state index contributed by atoms with van der Waals surface area (Å²) in [6.45, 7) is 0. The Morgan fingerprint density at radius 1 is 0.828 bits per heavy atom. The Kier molecular flexibility index (Phi) is 4.56. The van der Waals surface area contributed by atoms with Crippen molar-refractivity contribution in [2.45, 2.75) is 4.90 Å². The number of benzene rings is 3. The summed E-state index contributed by atoms with van der Waals surface area (Å²) in [6, 6.07) is 19.6. The summed E-state index contributed by atoms with van der Waals surface area (Å²) in [5.74, 6) is -0.223. The molecule has 0 radical (unpaired) electrons. The minimum Gasteiger partial charge on any atom is -0.455 e. The molecule has 4 rings (SSSR count). The third-order valence-electron chi connectivity index (χ3n) is 4.54. The molecule has 29 heavy (non-hydrogen) atoms. The Hall–Kier alpha value is -3.65. The molecular weight excluding hydrogens is 392 g/mol. The smallest absolute Gasteiger partial charge is 0.264 e. The Labute approximate surface area is 167 Å². The molecule has 3 aromatic rings. The molecule has 0 unspecified atom stereocenters. The van der Waals surface area contributed by atoms with E-state index in [1.807, 2.05) is 18.2 Å². The number of anilines is 1. The van der Waals surface area contributed by atoms with Crippen LogP contribution in [0.25, 0.3) is 0 Å². The molecule has 0 aliphatic carbocycles. The molecule has 1 N–H and O–H groups in total. The van der Waals surface area contributed by atoms with Crippen LogP contribution in [0.15, 0.2) is 77.7 Å². The van der Waals surface area contributed by atoms with Gasteiger partial charge in [-0.1, -0.05) is 30.3 Å². The number of hydrogen-bond acceptors (Lipinski definition) is 5. The summed E-state index contributed by atoms with van der Waals surface area (Å²) in [5.41, 5.74) is 0.528. The molecule has 2 amide bonds. The number of fused-ring (bicyclic) bond motifs is 1. The van der Waals surface area contributed by atoms with Gasteiger partial charge in [0.2, 0.25) is 0 Å². The maximum absolute atomic E-state index is 13.2. The van der Waals surface area contributed by atoms with Gasteiger partial charge < -0.3 is 4.74 Å². The van der Waals surface area contributed by atoms with Crippen LogP contribution in [0.2, 0.25) is 0 Å². The van der Waals surface area contributed by atoms with Crippen molar-refractivity contribution in [2.75, 3.05) is 11.4 Å². The van der Waals surface area contributed by atoms with E-state index in [-0.39, 0.29) is 16.0 Å². The topological polar surface area (TPSA) is 92.8 Å². The number of sulfonamides is 1. The molecule has 0 saturated carbocycles. The molecule has 0 saturated heterocycles. The average Bonchev–Trinajstić information content (AvgIpc) is 3.02. The van der Waals surface area contributed by atoms with E-state index in [2.05, 4.69) is 5.32 Å². The Morgan fingerprint density at radius 2 is 1.48 bits per heavy atom. The SMILES string of the molecule is CN(c1ccccc1Oc1ccccc1)S(=O)(=O)c1ccc2c(c1)C(=O)NC2=O. The first-order chi connectivity index (χ1) is 13.9. The number of carbonyl (C=O) groups is 2. The van der Waals surface area contributed by atoms with E-state index < -0.39 is 21.8 Å². The van der Waals surface area contributed by atoms with Gasteiger partial charge in [0, 0.05) is 7.05 Å². The molecule has 1 aliphatic rings. The standard InChI is InChI=1S/C21H16N2O5S/c1-23(18-9-5-6-10-19(18)28-14-7-3-2-4-8-14)29(26,27)15-11-12-16-17(13-15)21(25)22-20(16)24/h2-13H,1H3,(H,22,24,25). The van der Waals surface area contributed by atoms with E-state index >= 15 is 0 Å². The summed E-state index contributed by atoms with van der Waals surface area (Å²) < 4.78 is 33.3. The molecule has 0 fully saturated rings. The lowest BCUT2D eigenvalue weighted by atomic mass is 10.1. The molecule has 0 spiro atoms. The summed E-state index contributed by atoms with van der Waals surface area (Å²) in [7, 11) is -2.60. The Morgan fingerprint density at radius 3 is 2.24 bits per heavy atom. The first kappa shape index (κ1) is 18.7. The van der Waals surface area contributed by atoms with Crippen LogP contribution in [0.3, 0.4) is 0 Å². The first-order valence-corrected chi connectivity index (χ1v) is 10.1. The van der Waals surface area contributed by atoms with E-state index in [9.17, 15) is 18.0 Å². The summed E-state index contributed by atoms with van der Waals surface area (Å²) >= 11 is 0. The highest BCUT2D eigenvalue weighted by atomic mass is 32.2. The number of carbonyl (C=O) groups excluding carboxylic acids is 2. The largest absolute Gasteiger partial charge is 0.455 e. The second-order valence-corrected chi connectivity index (χ2v) is 8.32. The van der Waals surface area contributed by atoms with Gasteiger partial charge >= 0.3 is 0 Å². The zero-order valence-electron chi connectivity index (χ0n) is 15.3. The quantitative estimate of drug-likeness (QED) is 0.655. The zero-order valence-corrected chi connectivity index (χ0v) is 16.1. The van der Waals surface area contributed by atoms with Crippen LogP contribution in [0, 0.1) is 0 Å². The van der Waals surface area contributed by atoms with Crippen molar-refractivity contribution < 1.29 is 22.7 Å². The van der Waals surface area contributed by atoms with Crippen molar-refractivity contribution in [2.24, 2.45) is 0 Å². The molecule has 8 heteroatoms.